The molecule has 0 aliphatic carbocycles. The van der Waals surface area contributed by atoms with Crippen molar-refractivity contribution in [2.45, 2.75) is 12.8 Å². The van der Waals surface area contributed by atoms with Gasteiger partial charge in [-0.2, -0.15) is 0 Å². The molecule has 0 spiro atoms. The molecule has 0 aliphatic heterocycles. The zero-order valence-electron chi connectivity index (χ0n) is 8.44. The van der Waals surface area contributed by atoms with Crippen LogP contribution in [0.4, 0.5) is 0 Å². The zero-order chi connectivity index (χ0) is 11.5. The van der Waals surface area contributed by atoms with Gasteiger partial charge in [0, 0.05) is 44.7 Å². The molecule has 0 aliphatic rings. The van der Waals surface area contributed by atoms with Crippen molar-refractivity contribution < 1.29 is 34.3 Å². The molecule has 1 aromatic rings. The molecule has 0 bridgehead atoms. The molecule has 0 unspecified atom stereocenters. The maximum atomic E-state index is 10.1. The molecule has 1 rings (SSSR count). The van der Waals surface area contributed by atoms with Gasteiger partial charge in [0.05, 0.1) is 0 Å². The molecule has 7 heteroatoms. The van der Waals surface area contributed by atoms with Crippen molar-refractivity contribution >= 4 is 11.8 Å². The van der Waals surface area contributed by atoms with Crippen LogP contribution in [-0.2, 0) is 29.1 Å². The summed E-state index contributed by atoms with van der Waals surface area (Å²) in [4.78, 5) is 23.9. The fourth-order valence-electron chi connectivity index (χ4n) is 0.605. The summed E-state index contributed by atoms with van der Waals surface area (Å²) in [7, 11) is 0. The van der Waals surface area contributed by atoms with E-state index in [-0.39, 0.29) is 32.3 Å². The minimum atomic E-state index is -0.603. The van der Waals surface area contributed by atoms with E-state index in [4.69, 9.17) is 10.9 Å². The van der Waals surface area contributed by atoms with Gasteiger partial charge in [0.15, 0.2) is 0 Å². The summed E-state index contributed by atoms with van der Waals surface area (Å²) in [5.74, 6) is -1.16. The van der Waals surface area contributed by atoms with Gasteiger partial charge in [-0.25, -0.2) is 5.48 Å². The Labute approximate surface area is 106 Å². The van der Waals surface area contributed by atoms with Gasteiger partial charge in [-0.05, 0) is 12.1 Å². The van der Waals surface area contributed by atoms with Crippen molar-refractivity contribution in [1.82, 2.24) is 10.5 Å². The third-order valence-corrected chi connectivity index (χ3v) is 1.29. The predicted octanol–water partition coefficient (Wildman–Crippen LogP) is -0.164. The summed E-state index contributed by atoms with van der Waals surface area (Å²) < 4.78 is 0. The molecule has 1 heterocycles. The summed E-state index contributed by atoms with van der Waals surface area (Å²) in [6.45, 7) is 0. The molecule has 90 valence electrons. The average Bonchev–Trinajstić information content (AvgIpc) is 2.29. The van der Waals surface area contributed by atoms with E-state index in [1.165, 1.54) is 5.48 Å². The maximum absolute atomic E-state index is 10.1. The number of nitrogens with one attached hydrogen (secondary N) is 1. The van der Waals surface area contributed by atoms with Crippen molar-refractivity contribution in [3.8, 4) is 0 Å². The Hall–Kier alpha value is -1.33. The van der Waals surface area contributed by atoms with Gasteiger partial charge < -0.3 is 5.73 Å². The molecule has 16 heavy (non-hydrogen) atoms. The number of aromatic nitrogens is 1. The summed E-state index contributed by atoms with van der Waals surface area (Å²) in [6, 6.07) is 5.72. The van der Waals surface area contributed by atoms with Gasteiger partial charge in [-0.1, -0.05) is 6.07 Å². The smallest absolute Gasteiger partial charge is 0.243 e. The van der Waals surface area contributed by atoms with Crippen LogP contribution in [0.3, 0.4) is 0 Å². The molecule has 2 amide bonds. The topological polar surface area (TPSA) is 105 Å². The fourth-order valence-corrected chi connectivity index (χ4v) is 0.605. The SMILES string of the molecule is NC(=O)CCC(=O)NO.[Ru].c1ccncc1. The second-order valence-corrected chi connectivity index (χ2v) is 2.53. The summed E-state index contributed by atoms with van der Waals surface area (Å²) in [5, 5.41) is 7.90. The molecule has 0 atom stereocenters. The van der Waals surface area contributed by atoms with E-state index >= 15 is 0 Å². The molecule has 1 aromatic heterocycles. The molecule has 4 N–H and O–H groups in total. The first-order valence-corrected chi connectivity index (χ1v) is 4.23. The predicted molar refractivity (Wildman–Crippen MR) is 52.6 cm³/mol. The number of carbonyl (C=O) groups is 2. The Balaban J connectivity index is 0. The first-order valence-electron chi connectivity index (χ1n) is 4.23. The van der Waals surface area contributed by atoms with E-state index in [2.05, 4.69) is 4.98 Å². The quantitative estimate of drug-likeness (QED) is 0.409. The van der Waals surface area contributed by atoms with E-state index in [9.17, 15) is 9.59 Å². The number of hydrogen-bond donors (Lipinski definition) is 3. The van der Waals surface area contributed by atoms with E-state index in [1.807, 2.05) is 18.2 Å². The minimum Gasteiger partial charge on any atom is -0.370 e. The van der Waals surface area contributed by atoms with Crippen LogP contribution in [0.2, 0.25) is 0 Å². The van der Waals surface area contributed by atoms with E-state index in [0.717, 1.165) is 0 Å². The van der Waals surface area contributed by atoms with Gasteiger partial charge in [0.1, 0.15) is 0 Å². The Morgan fingerprint density at radius 2 is 1.75 bits per heavy atom. The summed E-state index contributed by atoms with van der Waals surface area (Å²) in [5.41, 5.74) is 6.07. The molecular weight excluding hydrogens is 299 g/mol. The first kappa shape index (κ1) is 17.1. The Morgan fingerprint density at radius 1 is 1.19 bits per heavy atom. The van der Waals surface area contributed by atoms with Crippen LogP contribution < -0.4 is 11.2 Å². The number of primary amides is 1. The summed E-state index contributed by atoms with van der Waals surface area (Å²) >= 11 is 0. The number of nitrogens with two attached hydrogens (primary N) is 1. The van der Waals surface area contributed by atoms with Crippen LogP contribution in [0, 0.1) is 0 Å². The number of nitrogens with zero attached hydrogens (tertiary/aromatic N) is 1. The van der Waals surface area contributed by atoms with Crippen molar-refractivity contribution in [2.75, 3.05) is 0 Å². The molecule has 0 fully saturated rings. The van der Waals surface area contributed by atoms with Gasteiger partial charge in [0.25, 0.3) is 0 Å². The number of hydroxylamine groups is 1. The molecular formula is C9H13N3O3Ru. The summed E-state index contributed by atoms with van der Waals surface area (Å²) in [6.07, 6.45) is 3.40. The number of amides is 2. The molecule has 6 nitrogen and oxygen atoms in total. The normalized spacial score (nSPS) is 7.81. The Kier molecular flexibility index (Phi) is 12.5. The second-order valence-electron chi connectivity index (χ2n) is 2.53. The van der Waals surface area contributed by atoms with Crippen LogP contribution in [0.25, 0.3) is 0 Å². The Bertz CT molecular complexity index is 269. The monoisotopic (exact) mass is 313 g/mol. The van der Waals surface area contributed by atoms with Crippen LogP contribution >= 0.6 is 0 Å². The molecule has 0 radical (unpaired) electrons. The standard InChI is InChI=1S/C5H5N.C4H8N2O3.Ru/c1-2-4-6-5-3-1;5-3(7)1-2-4(8)6-9;/h1-5H;9H,1-2H2,(H2,5,7)(H,6,8);. The van der Waals surface area contributed by atoms with Crippen LogP contribution in [0.15, 0.2) is 30.6 Å². The van der Waals surface area contributed by atoms with E-state index in [0.29, 0.717) is 0 Å². The van der Waals surface area contributed by atoms with Gasteiger partial charge in [-0.3, -0.25) is 19.8 Å². The minimum absolute atomic E-state index is 0. The largest absolute Gasteiger partial charge is 0.370 e. The van der Waals surface area contributed by atoms with E-state index < -0.39 is 11.8 Å². The second kappa shape index (κ2) is 11.7. The zero-order valence-corrected chi connectivity index (χ0v) is 10.2. The van der Waals surface area contributed by atoms with Gasteiger partial charge in [-0.15, -0.1) is 0 Å². The van der Waals surface area contributed by atoms with Crippen molar-refractivity contribution in [3.05, 3.63) is 30.6 Å². The number of hydrogen-bond acceptors (Lipinski definition) is 4. The van der Waals surface area contributed by atoms with E-state index in [1.54, 1.807) is 12.4 Å². The number of pyridine rings is 1. The fraction of sp³-hybridized carbons (Fsp3) is 0.222. The third kappa shape index (κ3) is 12.7. The first-order chi connectivity index (χ1) is 7.16. The number of rotatable bonds is 3. The Morgan fingerprint density at radius 3 is 2.00 bits per heavy atom. The average molecular weight is 312 g/mol. The van der Waals surface area contributed by atoms with Crippen LogP contribution in [0.1, 0.15) is 12.8 Å². The third-order valence-electron chi connectivity index (χ3n) is 1.29. The van der Waals surface area contributed by atoms with Crippen LogP contribution in [-0.4, -0.2) is 22.0 Å². The van der Waals surface area contributed by atoms with Gasteiger partial charge >= 0.3 is 0 Å². The maximum Gasteiger partial charge on any atom is 0.243 e. The number of carbonyl (C=O) groups excluding carboxylic acids is 2. The molecule has 0 saturated carbocycles. The molecule has 0 saturated heterocycles. The van der Waals surface area contributed by atoms with Crippen LogP contribution in [0.5, 0.6) is 0 Å². The van der Waals surface area contributed by atoms with Crippen molar-refractivity contribution in [3.63, 3.8) is 0 Å². The molecule has 0 aromatic carbocycles. The van der Waals surface area contributed by atoms with Crippen molar-refractivity contribution in [2.24, 2.45) is 5.73 Å². The van der Waals surface area contributed by atoms with Crippen molar-refractivity contribution in [1.29, 1.82) is 0 Å². The van der Waals surface area contributed by atoms with Gasteiger partial charge in [0.2, 0.25) is 11.8 Å².